The third kappa shape index (κ3) is 4.65. The number of rotatable bonds is 7. The van der Waals surface area contributed by atoms with Crippen LogP contribution in [0.3, 0.4) is 0 Å². The molecule has 1 unspecified atom stereocenters. The number of carbonyl (C=O) groups excluding carboxylic acids is 2. The van der Waals surface area contributed by atoms with Crippen LogP contribution in [0.4, 0.5) is 17.2 Å². The topological polar surface area (TPSA) is 165 Å². The second-order valence-electron chi connectivity index (χ2n) is 9.97. The van der Waals surface area contributed by atoms with Gasteiger partial charge in [0.05, 0.1) is 23.2 Å². The summed E-state index contributed by atoms with van der Waals surface area (Å²) < 4.78 is 28.3. The molecule has 1 atom stereocenters. The molecule has 4 heterocycles. The van der Waals surface area contributed by atoms with Gasteiger partial charge in [-0.2, -0.15) is 0 Å². The van der Waals surface area contributed by atoms with Crippen molar-refractivity contribution < 1.29 is 18.0 Å². The van der Waals surface area contributed by atoms with Crippen LogP contribution in [0, 0.1) is 5.92 Å². The molecule has 0 radical (unpaired) electrons. The fourth-order valence-corrected chi connectivity index (χ4v) is 5.58. The van der Waals surface area contributed by atoms with Gasteiger partial charge < -0.3 is 16.0 Å². The van der Waals surface area contributed by atoms with Gasteiger partial charge in [0.1, 0.15) is 5.56 Å². The number of sulfonamides is 1. The Morgan fingerprint density at radius 1 is 1.18 bits per heavy atom. The van der Waals surface area contributed by atoms with Crippen LogP contribution >= 0.6 is 0 Å². The minimum Gasteiger partial charge on any atom is -0.381 e. The first kappa shape index (κ1) is 24.8. The number of anilines is 3. The fraction of sp³-hybridized carbons (Fsp3) is 0.269. The van der Waals surface area contributed by atoms with E-state index in [-0.39, 0.29) is 34.7 Å². The number of pyridine rings is 1. The summed E-state index contributed by atoms with van der Waals surface area (Å²) in [6.07, 6.45) is 7.94. The molecule has 3 aromatic heterocycles. The minimum atomic E-state index is -3.67. The highest BCUT2D eigenvalue weighted by Gasteiger charge is 2.40. The number of benzene rings is 1. The van der Waals surface area contributed by atoms with E-state index in [0.717, 1.165) is 19.1 Å². The molecule has 200 valence electrons. The van der Waals surface area contributed by atoms with Gasteiger partial charge in [0, 0.05) is 42.4 Å². The second kappa shape index (κ2) is 9.05. The summed E-state index contributed by atoms with van der Waals surface area (Å²) in [5, 5.41) is 6.98. The summed E-state index contributed by atoms with van der Waals surface area (Å²) in [5.74, 6) is -0.205. The molecule has 4 aromatic rings. The Labute approximate surface area is 224 Å². The lowest BCUT2D eigenvalue weighted by atomic mass is 10.0. The Bertz CT molecular complexity index is 1750. The molecule has 1 aliphatic carbocycles. The van der Waals surface area contributed by atoms with Crippen LogP contribution in [0.2, 0.25) is 0 Å². The lowest BCUT2D eigenvalue weighted by Gasteiger charge is -2.24. The van der Waals surface area contributed by atoms with E-state index in [1.165, 1.54) is 4.52 Å². The molecular weight excluding hydrogens is 520 g/mol. The van der Waals surface area contributed by atoms with Gasteiger partial charge in [-0.3, -0.25) is 19.3 Å². The quantitative estimate of drug-likeness (QED) is 0.318. The number of fused-ring (bicyclic) bond motifs is 2. The van der Waals surface area contributed by atoms with Gasteiger partial charge in [-0.1, -0.05) is 0 Å². The first-order valence-electron chi connectivity index (χ1n) is 12.4. The van der Waals surface area contributed by atoms with E-state index in [0.29, 0.717) is 40.5 Å². The number of hydrogen-bond acceptors (Lipinski definition) is 8. The van der Waals surface area contributed by atoms with E-state index >= 15 is 0 Å². The third-order valence-electron chi connectivity index (χ3n) is 7.10. The molecule has 6 rings (SSSR count). The Kier molecular flexibility index (Phi) is 5.75. The molecule has 1 fully saturated rings. The van der Waals surface area contributed by atoms with Crippen molar-refractivity contribution in [1.82, 2.24) is 24.5 Å². The first-order valence-corrected chi connectivity index (χ1v) is 14.3. The van der Waals surface area contributed by atoms with Crippen LogP contribution < -0.4 is 15.8 Å². The highest BCUT2D eigenvalue weighted by Crippen LogP contribution is 2.41. The van der Waals surface area contributed by atoms with Gasteiger partial charge in [0.25, 0.3) is 11.8 Å². The molecule has 2 amide bonds. The zero-order chi connectivity index (χ0) is 27.5. The maximum Gasteiger partial charge on any atom is 0.263 e. The SMILES string of the molecule is CC(C1CC1)N1Cc2cc(-c3ccn4nc(N)c(C(=O)Nc5ccncc5)c4n3)cc(NS(C)(=O)=O)c2C1=O. The standard InChI is InChI=1S/C26H26N8O4S/c1-14(15-3-4-15)33-13-17-11-16(12-20(21(17)26(33)36)32-39(2,37)38)19-7-10-34-24(30-19)22(23(27)31-34)25(35)29-18-5-8-28-9-6-18/h5-12,14-15,32H,3-4,13H2,1-2H3,(H2,27,31)(H,28,29,35). The molecule has 1 saturated carbocycles. The van der Waals surface area contributed by atoms with Gasteiger partial charge in [-0.15, -0.1) is 5.10 Å². The normalized spacial score (nSPS) is 15.8. The molecule has 1 aliphatic heterocycles. The number of nitrogens with one attached hydrogen (secondary N) is 2. The van der Waals surface area contributed by atoms with Crippen LogP contribution in [-0.4, -0.2) is 57.0 Å². The molecule has 2 aliphatic rings. The van der Waals surface area contributed by atoms with Gasteiger partial charge in [0.2, 0.25) is 10.0 Å². The maximum absolute atomic E-state index is 13.4. The van der Waals surface area contributed by atoms with E-state index in [4.69, 9.17) is 5.73 Å². The van der Waals surface area contributed by atoms with Crippen LogP contribution in [0.25, 0.3) is 16.9 Å². The summed E-state index contributed by atoms with van der Waals surface area (Å²) in [6, 6.07) is 8.48. The van der Waals surface area contributed by atoms with E-state index in [2.05, 4.69) is 25.1 Å². The van der Waals surface area contributed by atoms with E-state index in [9.17, 15) is 18.0 Å². The highest BCUT2D eigenvalue weighted by atomic mass is 32.2. The number of hydrogen-bond donors (Lipinski definition) is 3. The molecule has 12 nitrogen and oxygen atoms in total. The Balaban J connectivity index is 1.42. The molecule has 39 heavy (non-hydrogen) atoms. The average molecular weight is 547 g/mol. The Morgan fingerprint density at radius 2 is 1.92 bits per heavy atom. The van der Waals surface area contributed by atoms with Crippen LogP contribution in [0.1, 0.15) is 46.0 Å². The number of nitrogens with two attached hydrogens (primary N) is 1. The molecule has 13 heteroatoms. The molecule has 0 bridgehead atoms. The summed E-state index contributed by atoms with van der Waals surface area (Å²) in [6.45, 7) is 2.41. The molecule has 1 aromatic carbocycles. The van der Waals surface area contributed by atoms with Crippen molar-refractivity contribution in [3.05, 3.63) is 65.6 Å². The zero-order valence-electron chi connectivity index (χ0n) is 21.2. The van der Waals surface area contributed by atoms with E-state index in [1.54, 1.807) is 47.8 Å². The summed E-state index contributed by atoms with van der Waals surface area (Å²) >= 11 is 0. The molecule has 0 saturated heterocycles. The van der Waals surface area contributed by atoms with Crippen molar-refractivity contribution in [1.29, 1.82) is 0 Å². The zero-order valence-corrected chi connectivity index (χ0v) is 22.1. The third-order valence-corrected chi connectivity index (χ3v) is 7.69. The van der Waals surface area contributed by atoms with Crippen molar-refractivity contribution in [3.63, 3.8) is 0 Å². The summed E-state index contributed by atoms with van der Waals surface area (Å²) in [7, 11) is -3.67. The number of carbonyl (C=O) groups is 2. The van der Waals surface area contributed by atoms with Crippen LogP contribution in [-0.2, 0) is 16.6 Å². The van der Waals surface area contributed by atoms with Crippen molar-refractivity contribution in [2.24, 2.45) is 5.92 Å². The van der Waals surface area contributed by atoms with Gasteiger partial charge in [-0.05, 0) is 61.6 Å². The average Bonchev–Trinajstić information content (AvgIpc) is 3.60. The van der Waals surface area contributed by atoms with Crippen molar-refractivity contribution in [2.75, 3.05) is 22.0 Å². The van der Waals surface area contributed by atoms with Crippen molar-refractivity contribution >= 4 is 44.7 Å². The monoisotopic (exact) mass is 546 g/mol. The summed E-state index contributed by atoms with van der Waals surface area (Å²) in [5.41, 5.74) is 9.26. The number of amides is 2. The highest BCUT2D eigenvalue weighted by molar-refractivity contribution is 7.92. The minimum absolute atomic E-state index is 0.00916. The van der Waals surface area contributed by atoms with Crippen molar-refractivity contribution in [3.8, 4) is 11.3 Å². The predicted octanol–water partition coefficient (Wildman–Crippen LogP) is 2.75. The van der Waals surface area contributed by atoms with Crippen molar-refractivity contribution in [2.45, 2.75) is 32.4 Å². The summed E-state index contributed by atoms with van der Waals surface area (Å²) in [4.78, 5) is 36.9. The fourth-order valence-electron chi connectivity index (χ4n) is 5.02. The lowest BCUT2D eigenvalue weighted by molar-refractivity contribution is 0.0698. The lowest BCUT2D eigenvalue weighted by Crippen LogP contribution is -2.34. The predicted molar refractivity (Wildman–Crippen MR) is 146 cm³/mol. The Hall–Kier alpha value is -4.52. The molecule has 0 spiro atoms. The van der Waals surface area contributed by atoms with E-state index < -0.39 is 15.9 Å². The number of aromatic nitrogens is 4. The first-order chi connectivity index (χ1) is 18.6. The molecular formula is C26H26N8O4S. The second-order valence-corrected chi connectivity index (χ2v) is 11.7. The molecule has 4 N–H and O–H groups in total. The van der Waals surface area contributed by atoms with Gasteiger partial charge in [0.15, 0.2) is 11.5 Å². The smallest absolute Gasteiger partial charge is 0.263 e. The largest absolute Gasteiger partial charge is 0.381 e. The van der Waals surface area contributed by atoms with Gasteiger partial charge in [-0.25, -0.2) is 17.9 Å². The van der Waals surface area contributed by atoms with Crippen LogP contribution in [0.15, 0.2) is 48.9 Å². The maximum atomic E-state index is 13.4. The van der Waals surface area contributed by atoms with Gasteiger partial charge >= 0.3 is 0 Å². The number of nitrogen functional groups attached to an aromatic ring is 1. The Morgan fingerprint density at radius 3 is 2.62 bits per heavy atom. The van der Waals surface area contributed by atoms with Crippen LogP contribution in [0.5, 0.6) is 0 Å². The number of nitrogens with zero attached hydrogens (tertiary/aromatic N) is 5. The van der Waals surface area contributed by atoms with E-state index in [1.807, 2.05) is 13.0 Å².